The third-order valence-electron chi connectivity index (χ3n) is 5.16. The van der Waals surface area contributed by atoms with Gasteiger partial charge in [0.05, 0.1) is 11.5 Å². The van der Waals surface area contributed by atoms with Crippen molar-refractivity contribution in [1.29, 1.82) is 0 Å². The molecule has 0 radical (unpaired) electrons. The summed E-state index contributed by atoms with van der Waals surface area (Å²) < 4.78 is 48.0. The summed E-state index contributed by atoms with van der Waals surface area (Å²) in [6, 6.07) is 6.33. The quantitative estimate of drug-likeness (QED) is 0.580. The molecular weight excluding hydrogens is 372 g/mol. The number of fused-ring (bicyclic) bond motifs is 1. The summed E-state index contributed by atoms with van der Waals surface area (Å²) in [5.41, 5.74) is -0.421. The Bertz CT molecular complexity index is 802. The van der Waals surface area contributed by atoms with E-state index in [-0.39, 0.29) is 4.90 Å². The summed E-state index contributed by atoms with van der Waals surface area (Å²) in [5.74, 6) is -1.21. The Morgan fingerprint density at radius 2 is 1.89 bits per heavy atom. The lowest BCUT2D eigenvalue weighted by Crippen LogP contribution is -2.52. The topological polar surface area (TPSA) is 91.3 Å². The molecule has 1 aromatic rings. The fourth-order valence-electron chi connectivity index (χ4n) is 3.52. The smallest absolute Gasteiger partial charge is 0.297 e. The van der Waals surface area contributed by atoms with E-state index in [1.54, 1.807) is 26.0 Å². The molecule has 0 unspecified atom stereocenters. The van der Waals surface area contributed by atoms with E-state index in [1.807, 2.05) is 13.8 Å². The van der Waals surface area contributed by atoms with E-state index in [9.17, 15) is 13.5 Å². The van der Waals surface area contributed by atoms with Gasteiger partial charge in [0.2, 0.25) is 0 Å². The lowest BCUT2D eigenvalue weighted by molar-refractivity contribution is -0.250. The van der Waals surface area contributed by atoms with Crippen molar-refractivity contribution in [2.24, 2.45) is 5.92 Å². The van der Waals surface area contributed by atoms with Gasteiger partial charge in [-0.25, -0.2) is 0 Å². The molecule has 1 N–H and O–H groups in total. The number of aliphatic hydroxyl groups is 1. The zero-order valence-corrected chi connectivity index (χ0v) is 16.7. The van der Waals surface area contributed by atoms with Crippen LogP contribution in [0, 0.1) is 12.8 Å². The molecule has 0 aliphatic carbocycles. The first-order valence-corrected chi connectivity index (χ1v) is 10.2. The van der Waals surface area contributed by atoms with Crippen molar-refractivity contribution in [3.8, 4) is 0 Å². The second-order valence-corrected chi connectivity index (χ2v) is 9.16. The van der Waals surface area contributed by atoms with Crippen molar-refractivity contribution in [1.82, 2.24) is 0 Å². The highest BCUT2D eigenvalue weighted by Gasteiger charge is 2.62. The van der Waals surface area contributed by atoms with Crippen molar-refractivity contribution < 1.29 is 31.9 Å². The highest BCUT2D eigenvalue weighted by Crippen LogP contribution is 2.47. The summed E-state index contributed by atoms with van der Waals surface area (Å²) in [7, 11) is -4.02. The molecule has 2 saturated heterocycles. The molecule has 0 amide bonds. The Balaban J connectivity index is 1.83. The maximum Gasteiger partial charge on any atom is 0.297 e. The third-order valence-corrected chi connectivity index (χ3v) is 6.44. The summed E-state index contributed by atoms with van der Waals surface area (Å²) in [4.78, 5) is 0.0378. The first kappa shape index (κ1) is 20.4. The van der Waals surface area contributed by atoms with Crippen LogP contribution in [0.3, 0.4) is 0 Å². The van der Waals surface area contributed by atoms with E-state index < -0.39 is 52.5 Å². The first-order valence-electron chi connectivity index (χ1n) is 8.81. The largest absolute Gasteiger partial charge is 0.386 e. The molecule has 3 rings (SSSR count). The molecule has 2 aliphatic rings. The first-order chi connectivity index (χ1) is 12.5. The molecule has 8 heteroatoms. The van der Waals surface area contributed by atoms with Crippen LogP contribution in [0.2, 0.25) is 0 Å². The van der Waals surface area contributed by atoms with Crippen LogP contribution in [0.1, 0.15) is 26.3 Å². The van der Waals surface area contributed by atoms with Gasteiger partial charge in [0.1, 0.15) is 17.8 Å². The van der Waals surface area contributed by atoms with Gasteiger partial charge in [-0.15, -0.1) is 6.58 Å². The van der Waals surface area contributed by atoms with Crippen LogP contribution in [0.15, 0.2) is 41.8 Å². The molecule has 27 heavy (non-hydrogen) atoms. The maximum atomic E-state index is 12.6. The average molecular weight is 398 g/mol. The van der Waals surface area contributed by atoms with Crippen LogP contribution in [0.4, 0.5) is 0 Å². The summed E-state index contributed by atoms with van der Waals surface area (Å²) in [6.07, 6.45) is -1.05. The lowest BCUT2D eigenvalue weighted by atomic mass is 9.83. The molecule has 1 aromatic carbocycles. The lowest BCUT2D eigenvalue weighted by Gasteiger charge is -2.37. The van der Waals surface area contributed by atoms with Gasteiger partial charge >= 0.3 is 0 Å². The monoisotopic (exact) mass is 398 g/mol. The average Bonchev–Trinajstić information content (AvgIpc) is 3.04. The van der Waals surface area contributed by atoms with E-state index in [4.69, 9.17) is 18.4 Å². The Kier molecular flexibility index (Phi) is 5.26. The van der Waals surface area contributed by atoms with Crippen LogP contribution in [0.25, 0.3) is 0 Å². The van der Waals surface area contributed by atoms with Crippen LogP contribution < -0.4 is 0 Å². The van der Waals surface area contributed by atoms with Crippen LogP contribution >= 0.6 is 0 Å². The number of aryl methyl sites for hydroxylation is 1. The fraction of sp³-hybridized carbons (Fsp3) is 0.579. The van der Waals surface area contributed by atoms with Gasteiger partial charge in [-0.3, -0.25) is 4.18 Å². The zero-order valence-electron chi connectivity index (χ0n) is 15.9. The van der Waals surface area contributed by atoms with Crippen LogP contribution in [-0.4, -0.2) is 50.0 Å². The van der Waals surface area contributed by atoms with Crippen molar-refractivity contribution in [3.63, 3.8) is 0 Å². The Morgan fingerprint density at radius 1 is 1.26 bits per heavy atom. The highest BCUT2D eigenvalue weighted by atomic mass is 32.2. The molecule has 0 saturated carbocycles. The second kappa shape index (κ2) is 6.95. The van der Waals surface area contributed by atoms with Crippen molar-refractivity contribution in [2.75, 3.05) is 6.61 Å². The number of aliphatic hydroxyl groups excluding tert-OH is 1. The van der Waals surface area contributed by atoms with E-state index in [0.717, 1.165) is 5.56 Å². The number of benzene rings is 1. The number of hydrogen-bond donors (Lipinski definition) is 1. The number of hydrogen-bond acceptors (Lipinski definition) is 7. The number of ether oxygens (including phenoxy) is 3. The van der Waals surface area contributed by atoms with Gasteiger partial charge in [0, 0.05) is 5.92 Å². The third kappa shape index (κ3) is 3.70. The van der Waals surface area contributed by atoms with E-state index >= 15 is 0 Å². The minimum Gasteiger partial charge on any atom is -0.386 e. The molecule has 150 valence electrons. The molecule has 5 atom stereocenters. The predicted octanol–water partition coefficient (Wildman–Crippen LogP) is 2.13. The molecular formula is C19H26O7S. The molecule has 0 spiro atoms. The van der Waals surface area contributed by atoms with E-state index in [0.29, 0.717) is 0 Å². The molecule has 7 nitrogen and oxygen atoms in total. The Labute approximate surface area is 160 Å². The van der Waals surface area contributed by atoms with E-state index in [1.165, 1.54) is 18.2 Å². The summed E-state index contributed by atoms with van der Waals surface area (Å²) >= 11 is 0. The maximum absolute atomic E-state index is 12.6. The Hall–Kier alpha value is -1.29. The molecule has 0 bridgehead atoms. The summed E-state index contributed by atoms with van der Waals surface area (Å²) in [6.45, 7) is 10.4. The summed E-state index contributed by atoms with van der Waals surface area (Å²) in [5, 5.41) is 10.5. The molecule has 2 heterocycles. The van der Waals surface area contributed by atoms with Gasteiger partial charge in [0.25, 0.3) is 10.1 Å². The molecule has 0 aromatic heterocycles. The minimum atomic E-state index is -4.02. The van der Waals surface area contributed by atoms with Gasteiger partial charge in [-0.05, 0) is 32.9 Å². The minimum absolute atomic E-state index is 0.0378. The van der Waals surface area contributed by atoms with Gasteiger partial charge in [-0.2, -0.15) is 8.42 Å². The number of rotatable bonds is 6. The van der Waals surface area contributed by atoms with E-state index in [2.05, 4.69) is 6.58 Å². The highest BCUT2D eigenvalue weighted by molar-refractivity contribution is 7.86. The van der Waals surface area contributed by atoms with Crippen LogP contribution in [0.5, 0.6) is 0 Å². The Morgan fingerprint density at radius 3 is 2.44 bits per heavy atom. The standard InChI is InChI=1S/C19H26O7S/c1-6-15(20)19(13(3)16-17(26-19)25-18(4,5)24-16)11-23-27(21,22)14-9-7-12(2)8-10-14/h6-10,13,15-17,20H,1,11H2,2-5H3/t13-,15-,16+,17-,19-/m0/s1. The van der Waals surface area contributed by atoms with Crippen molar-refractivity contribution in [3.05, 3.63) is 42.5 Å². The molecule has 2 fully saturated rings. The predicted molar refractivity (Wildman–Crippen MR) is 97.3 cm³/mol. The fourth-order valence-corrected chi connectivity index (χ4v) is 4.47. The normalized spacial score (nSPS) is 33.6. The second-order valence-electron chi connectivity index (χ2n) is 7.54. The van der Waals surface area contributed by atoms with Crippen LogP contribution in [-0.2, 0) is 28.5 Å². The van der Waals surface area contributed by atoms with Gasteiger partial charge < -0.3 is 19.3 Å². The zero-order chi connectivity index (χ0) is 20.0. The van der Waals surface area contributed by atoms with Crippen molar-refractivity contribution in [2.45, 2.75) is 62.5 Å². The molecule has 2 aliphatic heterocycles. The van der Waals surface area contributed by atoms with Crippen molar-refractivity contribution >= 4 is 10.1 Å². The SMILES string of the molecule is C=C[C@H](O)[C@@]1(COS(=O)(=O)c2ccc(C)cc2)O[C@@H]2OC(C)(C)O[C@@H]2[C@@H]1C. The van der Waals surface area contributed by atoms with Gasteiger partial charge in [-0.1, -0.05) is 30.7 Å². The van der Waals surface area contributed by atoms with Gasteiger partial charge in [0.15, 0.2) is 12.1 Å².